The largest absolute Gasteiger partial charge is 0.484 e. The predicted molar refractivity (Wildman–Crippen MR) is 66.6 cm³/mol. The summed E-state index contributed by atoms with van der Waals surface area (Å²) in [6.45, 7) is 0.119. The van der Waals surface area contributed by atoms with Crippen LogP contribution in [0.15, 0.2) is 39.7 Å². The van der Waals surface area contributed by atoms with Crippen LogP contribution in [0.3, 0.4) is 0 Å². The molecule has 7 heteroatoms. The number of ether oxygens (including phenoxy) is 1. The number of furan rings is 1. The number of nitrogens with one attached hydrogen (secondary N) is 1. The van der Waals surface area contributed by atoms with Gasteiger partial charge in [0, 0.05) is 10.7 Å². The molecular weight excluding hydrogens is 302 g/mol. The molecule has 0 saturated carbocycles. The van der Waals surface area contributed by atoms with Gasteiger partial charge in [-0.2, -0.15) is 0 Å². The molecule has 94 valence electrons. The molecule has 0 radical (unpaired) electrons. The number of amides is 1. The Bertz CT molecular complexity index is 556. The molecule has 18 heavy (non-hydrogen) atoms. The Morgan fingerprint density at radius 1 is 1.56 bits per heavy atom. The first kappa shape index (κ1) is 12.6. The van der Waals surface area contributed by atoms with E-state index in [4.69, 9.17) is 15.0 Å². The normalized spacial score (nSPS) is 10.1. The molecule has 0 aliphatic rings. The molecule has 6 nitrogen and oxygen atoms in total. The van der Waals surface area contributed by atoms with E-state index in [2.05, 4.69) is 20.9 Å². The average Bonchev–Trinajstić information content (AvgIpc) is 2.84. The summed E-state index contributed by atoms with van der Waals surface area (Å²) >= 11 is 3.28. The van der Waals surface area contributed by atoms with Gasteiger partial charge < -0.3 is 9.15 Å². The summed E-state index contributed by atoms with van der Waals surface area (Å²) < 4.78 is 11.4. The van der Waals surface area contributed by atoms with Crippen molar-refractivity contribution in [3.63, 3.8) is 0 Å². The third kappa shape index (κ3) is 2.88. The van der Waals surface area contributed by atoms with E-state index in [1.54, 1.807) is 18.5 Å². The lowest BCUT2D eigenvalue weighted by Gasteiger charge is -2.05. The Morgan fingerprint density at radius 2 is 2.39 bits per heavy atom. The molecule has 0 unspecified atom stereocenters. The van der Waals surface area contributed by atoms with Gasteiger partial charge in [-0.25, -0.2) is 5.84 Å². The number of carbonyl (C=O) groups excluding carboxylic acids is 1. The molecule has 0 bridgehead atoms. The highest BCUT2D eigenvalue weighted by molar-refractivity contribution is 9.10. The lowest BCUT2D eigenvalue weighted by molar-refractivity contribution is 0.0949. The molecule has 0 fully saturated rings. The number of nitrogen functional groups attached to an aromatic ring is 1. The quantitative estimate of drug-likeness (QED) is 0.508. The van der Waals surface area contributed by atoms with Crippen molar-refractivity contribution in [2.24, 2.45) is 5.84 Å². The first-order valence-corrected chi connectivity index (χ1v) is 5.80. The maximum Gasteiger partial charge on any atom is 0.268 e. The van der Waals surface area contributed by atoms with E-state index in [-0.39, 0.29) is 6.61 Å². The third-order valence-corrected chi connectivity index (χ3v) is 2.60. The molecular formula is C11H10BrN3O3. The zero-order valence-electron chi connectivity index (χ0n) is 9.22. The summed E-state index contributed by atoms with van der Waals surface area (Å²) in [4.78, 5) is 15.3. The van der Waals surface area contributed by atoms with Crippen LogP contribution in [-0.2, 0) is 6.61 Å². The van der Waals surface area contributed by atoms with Crippen molar-refractivity contribution in [3.05, 3.63) is 46.6 Å². The van der Waals surface area contributed by atoms with Gasteiger partial charge in [-0.15, -0.1) is 0 Å². The number of nitrogens with zero attached hydrogens (tertiary/aromatic N) is 1. The number of hydrazine groups is 1. The second kappa shape index (κ2) is 5.65. The van der Waals surface area contributed by atoms with Crippen LogP contribution in [0.25, 0.3) is 0 Å². The Kier molecular flexibility index (Phi) is 3.96. The van der Waals surface area contributed by atoms with Gasteiger partial charge in [0.05, 0.1) is 18.0 Å². The van der Waals surface area contributed by atoms with E-state index < -0.39 is 5.91 Å². The number of pyridine rings is 1. The number of nitrogens with two attached hydrogens (primary N) is 1. The van der Waals surface area contributed by atoms with Crippen molar-refractivity contribution in [2.75, 3.05) is 0 Å². The lowest BCUT2D eigenvalue weighted by Crippen LogP contribution is -2.30. The van der Waals surface area contributed by atoms with E-state index in [1.807, 2.05) is 5.43 Å². The summed E-state index contributed by atoms with van der Waals surface area (Å²) in [5, 5.41) is 0. The fourth-order valence-electron chi connectivity index (χ4n) is 1.35. The highest BCUT2D eigenvalue weighted by atomic mass is 79.9. The molecule has 3 N–H and O–H groups in total. The Hall–Kier alpha value is -1.86. The molecule has 0 aromatic carbocycles. The topological polar surface area (TPSA) is 90.4 Å². The van der Waals surface area contributed by atoms with Crippen LogP contribution in [0.5, 0.6) is 5.75 Å². The Labute approximate surface area is 111 Å². The van der Waals surface area contributed by atoms with Crippen LogP contribution in [0.2, 0.25) is 0 Å². The van der Waals surface area contributed by atoms with Crippen molar-refractivity contribution >= 4 is 21.8 Å². The number of hydrogen-bond acceptors (Lipinski definition) is 5. The molecule has 2 aromatic heterocycles. The molecule has 1 amide bonds. The van der Waals surface area contributed by atoms with Crippen molar-refractivity contribution in [1.29, 1.82) is 0 Å². The summed E-state index contributed by atoms with van der Waals surface area (Å²) in [6, 6.07) is 3.29. The molecule has 0 spiro atoms. The van der Waals surface area contributed by atoms with Crippen LogP contribution >= 0.6 is 15.9 Å². The first-order valence-electron chi connectivity index (χ1n) is 5.01. The summed E-state index contributed by atoms with van der Waals surface area (Å²) in [5.74, 6) is 5.61. The maximum atomic E-state index is 11.4. The molecule has 2 heterocycles. The van der Waals surface area contributed by atoms with Crippen molar-refractivity contribution in [2.45, 2.75) is 6.61 Å². The van der Waals surface area contributed by atoms with E-state index in [0.717, 1.165) is 4.47 Å². The van der Waals surface area contributed by atoms with Gasteiger partial charge in [-0.3, -0.25) is 15.2 Å². The van der Waals surface area contributed by atoms with Crippen LogP contribution in [-0.4, -0.2) is 10.9 Å². The smallest absolute Gasteiger partial charge is 0.268 e. The van der Waals surface area contributed by atoms with Gasteiger partial charge in [-0.1, -0.05) is 0 Å². The molecule has 0 atom stereocenters. The van der Waals surface area contributed by atoms with Crippen LogP contribution in [0.1, 0.15) is 16.1 Å². The van der Waals surface area contributed by atoms with Gasteiger partial charge in [0.1, 0.15) is 12.4 Å². The van der Waals surface area contributed by atoms with Gasteiger partial charge >= 0.3 is 0 Å². The van der Waals surface area contributed by atoms with Crippen molar-refractivity contribution in [3.8, 4) is 5.75 Å². The third-order valence-electron chi connectivity index (χ3n) is 2.17. The molecule has 0 aliphatic carbocycles. The highest BCUT2D eigenvalue weighted by Gasteiger charge is 2.14. The minimum absolute atomic E-state index is 0.119. The summed E-state index contributed by atoms with van der Waals surface area (Å²) in [5.41, 5.74) is 2.39. The SMILES string of the molecule is NNC(=O)c1ccoc1COc1cncc(Br)c1. The van der Waals surface area contributed by atoms with Crippen LogP contribution < -0.4 is 16.0 Å². The number of aromatic nitrogens is 1. The van der Waals surface area contributed by atoms with Crippen LogP contribution in [0.4, 0.5) is 0 Å². The molecule has 0 saturated heterocycles. The van der Waals surface area contributed by atoms with Gasteiger partial charge in [0.2, 0.25) is 0 Å². The summed E-state index contributed by atoms with van der Waals surface area (Å²) in [7, 11) is 0. The minimum atomic E-state index is -0.422. The summed E-state index contributed by atoms with van der Waals surface area (Å²) in [6.07, 6.45) is 4.62. The van der Waals surface area contributed by atoms with E-state index >= 15 is 0 Å². The minimum Gasteiger partial charge on any atom is -0.484 e. The predicted octanol–water partition coefficient (Wildman–Crippen LogP) is 1.62. The maximum absolute atomic E-state index is 11.4. The Morgan fingerprint density at radius 3 is 3.11 bits per heavy atom. The van der Waals surface area contributed by atoms with Gasteiger partial charge in [0.25, 0.3) is 5.91 Å². The zero-order chi connectivity index (χ0) is 13.0. The van der Waals surface area contributed by atoms with Gasteiger partial charge in [0.15, 0.2) is 5.76 Å². The number of carbonyl (C=O) groups is 1. The highest BCUT2D eigenvalue weighted by Crippen LogP contribution is 2.18. The lowest BCUT2D eigenvalue weighted by atomic mass is 10.2. The Balaban J connectivity index is 2.07. The van der Waals surface area contributed by atoms with E-state index in [1.165, 1.54) is 12.3 Å². The second-order valence-electron chi connectivity index (χ2n) is 3.36. The van der Waals surface area contributed by atoms with E-state index in [9.17, 15) is 4.79 Å². The van der Waals surface area contributed by atoms with Crippen molar-refractivity contribution < 1.29 is 13.9 Å². The zero-order valence-corrected chi connectivity index (χ0v) is 10.8. The fraction of sp³-hybridized carbons (Fsp3) is 0.0909. The monoisotopic (exact) mass is 311 g/mol. The van der Waals surface area contributed by atoms with E-state index in [0.29, 0.717) is 17.1 Å². The number of rotatable bonds is 4. The van der Waals surface area contributed by atoms with Crippen LogP contribution in [0, 0.1) is 0 Å². The molecule has 2 rings (SSSR count). The van der Waals surface area contributed by atoms with Crippen molar-refractivity contribution in [1.82, 2.24) is 10.4 Å². The average molecular weight is 312 g/mol. The first-order chi connectivity index (χ1) is 8.70. The molecule has 2 aromatic rings. The number of hydrogen-bond donors (Lipinski definition) is 2. The molecule has 0 aliphatic heterocycles. The van der Waals surface area contributed by atoms with Gasteiger partial charge in [-0.05, 0) is 28.1 Å². The fourth-order valence-corrected chi connectivity index (χ4v) is 1.70. The second-order valence-corrected chi connectivity index (χ2v) is 4.27. The standard InChI is InChI=1S/C11H10BrN3O3/c12-7-3-8(5-14-4-7)18-6-10-9(1-2-17-10)11(16)15-13/h1-5H,6,13H2,(H,15,16). The number of halogens is 1.